The summed E-state index contributed by atoms with van der Waals surface area (Å²) in [6.45, 7) is 1.97. The molecule has 2 aromatic rings. The molecule has 0 aliphatic carbocycles. The molecule has 8 heteroatoms. The van der Waals surface area contributed by atoms with Crippen molar-refractivity contribution in [1.29, 1.82) is 0 Å². The molecule has 0 saturated heterocycles. The lowest BCUT2D eigenvalue weighted by molar-refractivity contribution is -0.0436. The van der Waals surface area contributed by atoms with Gasteiger partial charge in [-0.05, 0) is 30.0 Å². The normalized spacial score (nSPS) is 12.4. The van der Waals surface area contributed by atoms with Crippen molar-refractivity contribution in [3.8, 4) is 11.3 Å². The van der Waals surface area contributed by atoms with Gasteiger partial charge in [-0.25, -0.2) is 8.42 Å². The minimum atomic E-state index is -5.32. The van der Waals surface area contributed by atoms with Crippen molar-refractivity contribution in [3.05, 3.63) is 42.6 Å². The molecule has 1 aromatic heterocycles. The summed E-state index contributed by atoms with van der Waals surface area (Å²) in [4.78, 5) is 4.33. The number of hydrogen-bond donors (Lipinski definition) is 0. The topological polar surface area (TPSA) is 47.0 Å². The Balaban J connectivity index is 2.43. The first kappa shape index (κ1) is 16.8. The van der Waals surface area contributed by atoms with E-state index < -0.39 is 20.2 Å². The average molecular weight is 347 g/mol. The second kappa shape index (κ2) is 6.29. The van der Waals surface area contributed by atoms with Gasteiger partial charge in [-0.1, -0.05) is 19.1 Å². The maximum Gasteiger partial charge on any atom is 0.501 e. The molecule has 0 aliphatic heterocycles. The van der Waals surface area contributed by atoms with Crippen LogP contribution in [0.3, 0.4) is 0 Å². The van der Waals surface area contributed by atoms with Crippen molar-refractivity contribution in [1.82, 2.24) is 4.98 Å². The highest BCUT2D eigenvalue weighted by molar-refractivity contribution is 7.99. The molecule has 2 rings (SSSR count). The standard InChI is InChI=1S/C14H12F3NO2S2/c1-2-21-12-4-3-9-18-13(12)10-5-7-11(8-6-10)22(19,20)14(15,16)17/h3-9H,2H2,1H3. The van der Waals surface area contributed by atoms with Crippen LogP contribution in [0.15, 0.2) is 52.4 Å². The lowest BCUT2D eigenvalue weighted by atomic mass is 10.1. The third-order valence-corrected chi connectivity index (χ3v) is 5.24. The number of rotatable bonds is 4. The van der Waals surface area contributed by atoms with Gasteiger partial charge < -0.3 is 0 Å². The fraction of sp³-hybridized carbons (Fsp3) is 0.214. The maximum absolute atomic E-state index is 12.5. The smallest absolute Gasteiger partial charge is 0.255 e. The van der Waals surface area contributed by atoms with Crippen LogP contribution >= 0.6 is 11.8 Å². The van der Waals surface area contributed by atoms with E-state index in [1.165, 1.54) is 12.1 Å². The van der Waals surface area contributed by atoms with Gasteiger partial charge >= 0.3 is 5.51 Å². The molecule has 0 unspecified atom stereocenters. The van der Waals surface area contributed by atoms with Crippen LogP contribution in [0.1, 0.15) is 6.92 Å². The third-order valence-electron chi connectivity index (χ3n) is 2.81. The summed E-state index contributed by atoms with van der Waals surface area (Å²) < 4.78 is 60.2. The Morgan fingerprint density at radius 3 is 2.32 bits per heavy atom. The van der Waals surface area contributed by atoms with Gasteiger partial charge in [0.05, 0.1) is 10.6 Å². The molecule has 3 nitrogen and oxygen atoms in total. The first-order valence-electron chi connectivity index (χ1n) is 6.27. The minimum Gasteiger partial charge on any atom is -0.255 e. The van der Waals surface area contributed by atoms with Crippen LogP contribution in [0.4, 0.5) is 13.2 Å². The Hall–Kier alpha value is -1.54. The number of nitrogens with zero attached hydrogens (tertiary/aromatic N) is 1. The number of halogens is 3. The van der Waals surface area contributed by atoms with Gasteiger partial charge in [0, 0.05) is 16.7 Å². The predicted octanol–water partition coefficient (Wildman–Crippen LogP) is 4.15. The number of hydrogen-bond acceptors (Lipinski definition) is 4. The van der Waals surface area contributed by atoms with Crippen LogP contribution in [-0.2, 0) is 9.84 Å². The van der Waals surface area contributed by atoms with E-state index in [1.54, 1.807) is 24.0 Å². The van der Waals surface area contributed by atoms with Gasteiger partial charge in [0.15, 0.2) is 0 Å². The fourth-order valence-electron chi connectivity index (χ4n) is 1.80. The predicted molar refractivity (Wildman–Crippen MR) is 79.3 cm³/mol. The van der Waals surface area contributed by atoms with Crippen LogP contribution in [0.25, 0.3) is 11.3 Å². The summed E-state index contributed by atoms with van der Waals surface area (Å²) in [7, 11) is -5.32. The van der Waals surface area contributed by atoms with Crippen molar-refractivity contribution >= 4 is 21.6 Å². The van der Waals surface area contributed by atoms with Crippen LogP contribution in [0, 0.1) is 0 Å². The lowest BCUT2D eigenvalue weighted by Gasteiger charge is -2.10. The van der Waals surface area contributed by atoms with E-state index >= 15 is 0 Å². The van der Waals surface area contributed by atoms with E-state index in [1.807, 2.05) is 13.0 Å². The molecule has 0 bridgehead atoms. The lowest BCUT2D eigenvalue weighted by Crippen LogP contribution is -2.23. The van der Waals surface area contributed by atoms with Crippen LogP contribution in [0.2, 0.25) is 0 Å². The zero-order valence-electron chi connectivity index (χ0n) is 11.5. The summed E-state index contributed by atoms with van der Waals surface area (Å²) in [6, 6.07) is 8.20. The van der Waals surface area contributed by atoms with Gasteiger partial charge in [0.25, 0.3) is 9.84 Å². The van der Waals surface area contributed by atoms with Crippen LogP contribution in [0.5, 0.6) is 0 Å². The van der Waals surface area contributed by atoms with E-state index in [4.69, 9.17) is 0 Å². The summed E-state index contributed by atoms with van der Waals surface area (Å²) in [5, 5.41) is 0. The highest BCUT2D eigenvalue weighted by atomic mass is 32.2. The van der Waals surface area contributed by atoms with E-state index in [0.29, 0.717) is 11.3 Å². The number of pyridine rings is 1. The first-order valence-corrected chi connectivity index (χ1v) is 8.74. The quantitative estimate of drug-likeness (QED) is 0.780. The summed E-state index contributed by atoms with van der Waals surface area (Å²) >= 11 is 1.55. The Morgan fingerprint density at radius 2 is 1.77 bits per heavy atom. The monoisotopic (exact) mass is 347 g/mol. The van der Waals surface area contributed by atoms with Gasteiger partial charge in [-0.15, -0.1) is 11.8 Å². The van der Waals surface area contributed by atoms with Crippen molar-refractivity contribution in [2.24, 2.45) is 0 Å². The highest BCUT2D eigenvalue weighted by Gasteiger charge is 2.46. The zero-order valence-corrected chi connectivity index (χ0v) is 13.1. The van der Waals surface area contributed by atoms with E-state index in [0.717, 1.165) is 22.8 Å². The molecule has 0 aliphatic rings. The summed E-state index contributed by atoms with van der Waals surface area (Å²) in [5.74, 6) is 0.819. The summed E-state index contributed by atoms with van der Waals surface area (Å²) in [6.07, 6.45) is 1.58. The Bertz CT molecular complexity index is 756. The number of aromatic nitrogens is 1. The molecule has 0 atom stereocenters. The molecule has 0 saturated carbocycles. The van der Waals surface area contributed by atoms with E-state index in [-0.39, 0.29) is 0 Å². The Morgan fingerprint density at radius 1 is 1.14 bits per heavy atom. The fourth-order valence-corrected chi connectivity index (χ4v) is 3.36. The maximum atomic E-state index is 12.5. The molecule has 0 fully saturated rings. The van der Waals surface area contributed by atoms with Gasteiger partial charge in [-0.3, -0.25) is 4.98 Å². The first-order chi connectivity index (χ1) is 10.3. The average Bonchev–Trinajstić information content (AvgIpc) is 2.47. The molecular weight excluding hydrogens is 335 g/mol. The van der Waals surface area contributed by atoms with Gasteiger partial charge in [-0.2, -0.15) is 13.2 Å². The number of thioether (sulfide) groups is 1. The number of alkyl halides is 3. The van der Waals surface area contributed by atoms with Crippen LogP contribution < -0.4 is 0 Å². The Kier molecular flexibility index (Phi) is 4.81. The van der Waals surface area contributed by atoms with E-state index in [9.17, 15) is 21.6 Å². The van der Waals surface area contributed by atoms with Crippen molar-refractivity contribution < 1.29 is 21.6 Å². The highest BCUT2D eigenvalue weighted by Crippen LogP contribution is 2.33. The number of benzene rings is 1. The second-order valence-corrected chi connectivity index (χ2v) is 7.50. The zero-order chi connectivity index (χ0) is 16.4. The largest absolute Gasteiger partial charge is 0.501 e. The molecule has 0 N–H and O–H groups in total. The SMILES string of the molecule is CCSc1cccnc1-c1ccc(S(=O)(=O)C(F)(F)F)cc1. The van der Waals surface area contributed by atoms with Crippen molar-refractivity contribution in [2.75, 3.05) is 5.75 Å². The molecule has 1 heterocycles. The minimum absolute atomic E-state index is 0.567. The number of sulfone groups is 1. The van der Waals surface area contributed by atoms with Crippen molar-refractivity contribution in [2.45, 2.75) is 22.2 Å². The molecule has 22 heavy (non-hydrogen) atoms. The van der Waals surface area contributed by atoms with Gasteiger partial charge in [0.1, 0.15) is 0 Å². The molecule has 0 radical (unpaired) electrons. The molecule has 0 amide bonds. The molecule has 0 spiro atoms. The Labute approximate surface area is 130 Å². The third kappa shape index (κ3) is 3.27. The molecular formula is C14H12F3NO2S2. The van der Waals surface area contributed by atoms with Crippen molar-refractivity contribution in [3.63, 3.8) is 0 Å². The second-order valence-electron chi connectivity index (χ2n) is 4.26. The molecule has 1 aromatic carbocycles. The van der Waals surface area contributed by atoms with Crippen LogP contribution in [-0.4, -0.2) is 24.7 Å². The van der Waals surface area contributed by atoms with E-state index in [2.05, 4.69) is 4.98 Å². The van der Waals surface area contributed by atoms with Gasteiger partial charge in [0.2, 0.25) is 0 Å². The molecule has 118 valence electrons. The summed E-state index contributed by atoms with van der Waals surface area (Å²) in [5.41, 5.74) is -4.12.